The van der Waals surface area contributed by atoms with Crippen molar-refractivity contribution in [3.05, 3.63) is 65.2 Å². The molecule has 0 atom stereocenters. The normalized spacial score (nSPS) is 10.7. The van der Waals surface area contributed by atoms with E-state index in [9.17, 15) is 4.79 Å². The van der Waals surface area contributed by atoms with Crippen molar-refractivity contribution in [2.45, 2.75) is 27.2 Å². The molecular weight excluding hydrogens is 314 g/mol. The van der Waals surface area contributed by atoms with E-state index in [4.69, 9.17) is 4.74 Å². The minimum Gasteiger partial charge on any atom is -0.462 e. The first-order valence-corrected chi connectivity index (χ1v) is 8.37. The summed E-state index contributed by atoms with van der Waals surface area (Å²) in [6.45, 7) is 6.49. The van der Waals surface area contributed by atoms with Crippen molar-refractivity contribution >= 4 is 5.91 Å². The summed E-state index contributed by atoms with van der Waals surface area (Å²) in [5.74, 6) is 0.270. The van der Waals surface area contributed by atoms with E-state index in [2.05, 4.69) is 10.1 Å². The van der Waals surface area contributed by atoms with Gasteiger partial charge in [-0.15, -0.1) is 5.10 Å². The second-order valence-corrected chi connectivity index (χ2v) is 5.96. The number of hydrogen-bond acceptors (Lipinski definition) is 4. The summed E-state index contributed by atoms with van der Waals surface area (Å²) in [6.07, 6.45) is 0.847. The van der Waals surface area contributed by atoms with E-state index < -0.39 is 0 Å². The van der Waals surface area contributed by atoms with Gasteiger partial charge in [-0.1, -0.05) is 48.9 Å². The molecule has 0 aliphatic heterocycles. The number of benzene rings is 2. The van der Waals surface area contributed by atoms with E-state index in [1.165, 1.54) is 4.68 Å². The fourth-order valence-electron chi connectivity index (χ4n) is 2.51. The molecule has 0 saturated heterocycles. The van der Waals surface area contributed by atoms with Crippen LogP contribution in [-0.4, -0.2) is 27.3 Å². The van der Waals surface area contributed by atoms with Crippen LogP contribution in [0.1, 0.15) is 34.8 Å². The van der Waals surface area contributed by atoms with Gasteiger partial charge < -0.3 is 4.74 Å². The number of rotatable bonds is 5. The molecule has 0 amide bonds. The number of carbonyl (C=O) groups excluding carboxylic acids is 1. The van der Waals surface area contributed by atoms with Crippen LogP contribution >= 0.6 is 0 Å². The predicted octanol–water partition coefficient (Wildman–Crippen LogP) is 4.04. The summed E-state index contributed by atoms with van der Waals surface area (Å²) in [5, 5.41) is 4.30. The minimum atomic E-state index is -0.225. The Bertz CT molecular complexity index is 882. The van der Waals surface area contributed by atoms with E-state index in [1.807, 2.05) is 57.2 Å². The van der Waals surface area contributed by atoms with E-state index in [-0.39, 0.29) is 11.9 Å². The molecule has 128 valence electrons. The molecule has 2 aromatic carbocycles. The monoisotopic (exact) mass is 335 g/mol. The fourth-order valence-corrected chi connectivity index (χ4v) is 2.51. The maximum absolute atomic E-state index is 13.0. The lowest BCUT2D eigenvalue weighted by molar-refractivity contribution is 0.0944. The lowest BCUT2D eigenvalue weighted by atomic mass is 10.1. The highest BCUT2D eigenvalue weighted by atomic mass is 16.5. The summed E-state index contributed by atoms with van der Waals surface area (Å²) >= 11 is 0. The van der Waals surface area contributed by atoms with Gasteiger partial charge in [-0.05, 0) is 38.0 Å². The Balaban J connectivity index is 2.07. The summed E-state index contributed by atoms with van der Waals surface area (Å²) < 4.78 is 6.88. The van der Waals surface area contributed by atoms with Crippen LogP contribution in [0.5, 0.6) is 6.01 Å². The minimum absolute atomic E-state index is 0.223. The first-order valence-electron chi connectivity index (χ1n) is 8.37. The Hall–Kier alpha value is -2.95. The lowest BCUT2D eigenvalue weighted by Crippen LogP contribution is -2.15. The zero-order chi connectivity index (χ0) is 17.8. The van der Waals surface area contributed by atoms with E-state index in [0.29, 0.717) is 18.0 Å². The van der Waals surface area contributed by atoms with Gasteiger partial charge in [-0.2, -0.15) is 9.67 Å². The van der Waals surface area contributed by atoms with Crippen LogP contribution in [0.4, 0.5) is 0 Å². The summed E-state index contributed by atoms with van der Waals surface area (Å²) in [5.41, 5.74) is 3.55. The molecule has 3 aromatic rings. The summed E-state index contributed by atoms with van der Waals surface area (Å²) in [6, 6.07) is 15.4. The van der Waals surface area contributed by atoms with Crippen molar-refractivity contribution in [2.75, 3.05) is 6.61 Å². The Morgan fingerprint density at radius 3 is 2.48 bits per heavy atom. The molecule has 3 rings (SSSR count). The molecule has 0 N–H and O–H groups in total. The third-order valence-electron chi connectivity index (χ3n) is 3.90. The maximum Gasteiger partial charge on any atom is 0.336 e. The highest BCUT2D eigenvalue weighted by Gasteiger charge is 2.20. The number of ether oxygens (including phenoxy) is 1. The number of hydrogen-bond donors (Lipinski definition) is 0. The Kier molecular flexibility index (Phi) is 4.93. The molecule has 0 fully saturated rings. The molecule has 0 aliphatic carbocycles. The molecule has 0 aliphatic rings. The summed E-state index contributed by atoms with van der Waals surface area (Å²) in [7, 11) is 0. The number of nitrogens with zero attached hydrogens (tertiary/aromatic N) is 3. The van der Waals surface area contributed by atoms with Crippen molar-refractivity contribution in [2.24, 2.45) is 0 Å². The number of carbonyl (C=O) groups is 1. The van der Waals surface area contributed by atoms with Gasteiger partial charge in [0.2, 0.25) is 0 Å². The quantitative estimate of drug-likeness (QED) is 0.706. The SMILES string of the molecule is CCCOc1nc(-c2ccccc2C)n(C(=O)c2ccc(C)cc2)n1. The Labute approximate surface area is 147 Å². The molecule has 0 spiro atoms. The topological polar surface area (TPSA) is 57.0 Å². The van der Waals surface area contributed by atoms with Crippen LogP contribution < -0.4 is 4.74 Å². The molecule has 0 unspecified atom stereocenters. The number of aromatic nitrogens is 3. The molecule has 0 bridgehead atoms. The molecule has 0 saturated carbocycles. The standard InChI is InChI=1S/C20H21N3O2/c1-4-13-25-20-21-18(17-8-6-5-7-15(17)3)23(22-20)19(24)16-11-9-14(2)10-12-16/h5-12H,4,13H2,1-3H3. The number of aryl methyl sites for hydroxylation is 2. The smallest absolute Gasteiger partial charge is 0.336 e. The van der Waals surface area contributed by atoms with Crippen LogP contribution in [0.3, 0.4) is 0 Å². The average Bonchev–Trinajstić information content (AvgIpc) is 3.04. The zero-order valence-corrected chi connectivity index (χ0v) is 14.7. The molecule has 1 heterocycles. The van der Waals surface area contributed by atoms with Crippen molar-refractivity contribution in [1.29, 1.82) is 0 Å². The Morgan fingerprint density at radius 1 is 1.08 bits per heavy atom. The highest BCUT2D eigenvalue weighted by Crippen LogP contribution is 2.24. The first kappa shape index (κ1) is 16.9. The van der Waals surface area contributed by atoms with Crippen LogP contribution in [0.15, 0.2) is 48.5 Å². The second kappa shape index (κ2) is 7.30. The van der Waals surface area contributed by atoms with E-state index >= 15 is 0 Å². The van der Waals surface area contributed by atoms with Crippen molar-refractivity contribution in [3.63, 3.8) is 0 Å². The molecule has 25 heavy (non-hydrogen) atoms. The molecule has 0 radical (unpaired) electrons. The second-order valence-electron chi connectivity index (χ2n) is 5.96. The van der Waals surface area contributed by atoms with E-state index in [0.717, 1.165) is 23.1 Å². The molecule has 5 heteroatoms. The first-order chi connectivity index (χ1) is 12.1. The predicted molar refractivity (Wildman–Crippen MR) is 96.9 cm³/mol. The largest absolute Gasteiger partial charge is 0.462 e. The van der Waals surface area contributed by atoms with Gasteiger partial charge in [0.15, 0.2) is 5.82 Å². The summed E-state index contributed by atoms with van der Waals surface area (Å²) in [4.78, 5) is 17.4. The van der Waals surface area contributed by atoms with Crippen LogP contribution in [0, 0.1) is 13.8 Å². The van der Waals surface area contributed by atoms with Crippen LogP contribution in [0.25, 0.3) is 11.4 Å². The highest BCUT2D eigenvalue weighted by molar-refractivity contribution is 5.97. The van der Waals surface area contributed by atoms with Gasteiger partial charge in [-0.3, -0.25) is 4.79 Å². The molecule has 5 nitrogen and oxygen atoms in total. The lowest BCUT2D eigenvalue weighted by Gasteiger charge is -2.07. The van der Waals surface area contributed by atoms with Gasteiger partial charge in [0.05, 0.1) is 6.61 Å². The third kappa shape index (κ3) is 3.60. The zero-order valence-electron chi connectivity index (χ0n) is 14.7. The van der Waals surface area contributed by atoms with Gasteiger partial charge in [0.25, 0.3) is 5.91 Å². The molecule has 1 aromatic heterocycles. The van der Waals surface area contributed by atoms with E-state index in [1.54, 1.807) is 12.1 Å². The van der Waals surface area contributed by atoms with Gasteiger partial charge in [-0.25, -0.2) is 0 Å². The van der Waals surface area contributed by atoms with Crippen LogP contribution in [0.2, 0.25) is 0 Å². The van der Waals surface area contributed by atoms with Crippen LogP contribution in [-0.2, 0) is 0 Å². The van der Waals surface area contributed by atoms with Gasteiger partial charge in [0, 0.05) is 11.1 Å². The van der Waals surface area contributed by atoms with Gasteiger partial charge >= 0.3 is 6.01 Å². The van der Waals surface area contributed by atoms with Gasteiger partial charge in [0.1, 0.15) is 0 Å². The van der Waals surface area contributed by atoms with Crippen molar-refractivity contribution < 1.29 is 9.53 Å². The third-order valence-corrected chi connectivity index (χ3v) is 3.90. The maximum atomic E-state index is 13.0. The van der Waals surface area contributed by atoms with Crippen molar-refractivity contribution in [3.8, 4) is 17.4 Å². The molecular formula is C20H21N3O2. The Morgan fingerprint density at radius 2 is 1.80 bits per heavy atom. The average molecular weight is 335 g/mol. The fraction of sp³-hybridized carbons (Fsp3) is 0.250. The van der Waals surface area contributed by atoms with Crippen molar-refractivity contribution in [1.82, 2.24) is 14.8 Å².